The van der Waals surface area contributed by atoms with Crippen molar-refractivity contribution in [2.24, 2.45) is 0 Å². The van der Waals surface area contributed by atoms with E-state index >= 15 is 0 Å². The molecule has 3 heteroatoms. The number of hydrogen-bond acceptors (Lipinski definition) is 1. The van der Waals surface area contributed by atoms with Gasteiger partial charge in [0, 0.05) is 18.3 Å². The highest BCUT2D eigenvalue weighted by Gasteiger charge is 2.00. The molecule has 0 spiro atoms. The van der Waals surface area contributed by atoms with Crippen LogP contribution in [-0.2, 0) is 11.3 Å². The summed E-state index contributed by atoms with van der Waals surface area (Å²) in [6.45, 7) is 0.644. The molecular weight excluding hydrogens is 302 g/mol. The molecule has 1 aromatic carbocycles. The Labute approximate surface area is 125 Å². The third-order valence-corrected chi connectivity index (χ3v) is 3.68. The van der Waals surface area contributed by atoms with Gasteiger partial charge in [0.25, 0.3) is 0 Å². The van der Waals surface area contributed by atoms with Gasteiger partial charge in [0.2, 0.25) is 5.91 Å². The lowest BCUT2D eigenvalue weighted by molar-refractivity contribution is -0.121. The standard InChI is InChI=1S/C16H24BrNO/c17-13-9-4-2-1-3-8-12-16(19)18-14-15-10-6-5-7-11-15/h5-7,10-11H,1-4,8-9,12-14H2,(H,18,19). The zero-order chi connectivity index (χ0) is 13.8. The van der Waals surface area contributed by atoms with E-state index in [2.05, 4.69) is 21.2 Å². The minimum absolute atomic E-state index is 0.171. The fourth-order valence-electron chi connectivity index (χ4n) is 1.97. The van der Waals surface area contributed by atoms with Crippen LogP contribution in [0.25, 0.3) is 0 Å². The minimum Gasteiger partial charge on any atom is -0.352 e. The summed E-state index contributed by atoms with van der Waals surface area (Å²) in [4.78, 5) is 11.6. The van der Waals surface area contributed by atoms with Crippen LogP contribution in [-0.4, -0.2) is 11.2 Å². The van der Waals surface area contributed by atoms with Crippen molar-refractivity contribution < 1.29 is 4.79 Å². The lowest BCUT2D eigenvalue weighted by atomic mass is 10.1. The molecule has 1 N–H and O–H groups in total. The third-order valence-electron chi connectivity index (χ3n) is 3.12. The van der Waals surface area contributed by atoms with E-state index < -0.39 is 0 Å². The predicted molar refractivity (Wildman–Crippen MR) is 84.4 cm³/mol. The van der Waals surface area contributed by atoms with Gasteiger partial charge in [0.15, 0.2) is 0 Å². The Morgan fingerprint density at radius 3 is 2.26 bits per heavy atom. The second-order valence-electron chi connectivity index (χ2n) is 4.82. The lowest BCUT2D eigenvalue weighted by Gasteiger charge is -2.05. The largest absolute Gasteiger partial charge is 0.352 e. The second-order valence-corrected chi connectivity index (χ2v) is 5.62. The van der Waals surface area contributed by atoms with Gasteiger partial charge < -0.3 is 5.32 Å². The number of alkyl halides is 1. The highest BCUT2D eigenvalue weighted by Crippen LogP contribution is 2.08. The molecule has 1 rings (SSSR count). The summed E-state index contributed by atoms with van der Waals surface area (Å²) in [7, 11) is 0. The Hall–Kier alpha value is -0.830. The molecule has 1 aromatic rings. The average molecular weight is 326 g/mol. The average Bonchev–Trinajstić information content (AvgIpc) is 2.45. The van der Waals surface area contributed by atoms with Gasteiger partial charge in [-0.2, -0.15) is 0 Å². The monoisotopic (exact) mass is 325 g/mol. The lowest BCUT2D eigenvalue weighted by Crippen LogP contribution is -2.22. The molecule has 0 aliphatic rings. The molecule has 0 atom stereocenters. The molecular formula is C16H24BrNO. The smallest absolute Gasteiger partial charge is 0.220 e. The van der Waals surface area contributed by atoms with Crippen LogP contribution in [0.2, 0.25) is 0 Å². The highest BCUT2D eigenvalue weighted by atomic mass is 79.9. The summed E-state index contributed by atoms with van der Waals surface area (Å²) in [5.41, 5.74) is 1.16. The fourth-order valence-corrected chi connectivity index (χ4v) is 2.37. The van der Waals surface area contributed by atoms with Gasteiger partial charge in [0.05, 0.1) is 0 Å². The van der Waals surface area contributed by atoms with Crippen molar-refractivity contribution in [3.05, 3.63) is 35.9 Å². The molecule has 0 bridgehead atoms. The van der Waals surface area contributed by atoms with Gasteiger partial charge in [-0.15, -0.1) is 0 Å². The van der Waals surface area contributed by atoms with Gasteiger partial charge in [-0.1, -0.05) is 71.9 Å². The van der Waals surface area contributed by atoms with Crippen LogP contribution < -0.4 is 5.32 Å². The van der Waals surface area contributed by atoms with E-state index in [1.165, 1.54) is 32.1 Å². The van der Waals surface area contributed by atoms with E-state index in [1.807, 2.05) is 30.3 Å². The first kappa shape index (κ1) is 16.2. The van der Waals surface area contributed by atoms with Crippen molar-refractivity contribution >= 4 is 21.8 Å². The number of rotatable bonds is 10. The molecule has 0 unspecified atom stereocenters. The molecule has 0 fully saturated rings. The molecule has 2 nitrogen and oxygen atoms in total. The van der Waals surface area contributed by atoms with Gasteiger partial charge in [-0.3, -0.25) is 4.79 Å². The zero-order valence-corrected chi connectivity index (χ0v) is 13.1. The Morgan fingerprint density at radius 1 is 0.947 bits per heavy atom. The molecule has 1 amide bonds. The van der Waals surface area contributed by atoms with Gasteiger partial charge in [-0.25, -0.2) is 0 Å². The van der Waals surface area contributed by atoms with Crippen LogP contribution >= 0.6 is 15.9 Å². The topological polar surface area (TPSA) is 29.1 Å². The molecule has 19 heavy (non-hydrogen) atoms. The molecule has 106 valence electrons. The van der Waals surface area contributed by atoms with Crippen molar-refractivity contribution in [1.82, 2.24) is 5.32 Å². The minimum atomic E-state index is 0.171. The SMILES string of the molecule is O=C(CCCCCCCCBr)NCc1ccccc1. The number of carbonyl (C=O) groups excluding carboxylic acids is 1. The van der Waals surface area contributed by atoms with Crippen LogP contribution in [0, 0.1) is 0 Å². The van der Waals surface area contributed by atoms with Crippen LogP contribution in [0.3, 0.4) is 0 Å². The van der Waals surface area contributed by atoms with Gasteiger partial charge in [-0.05, 0) is 18.4 Å². The number of hydrogen-bond donors (Lipinski definition) is 1. The summed E-state index contributed by atoms with van der Waals surface area (Å²) in [6.07, 6.45) is 7.93. The Morgan fingerprint density at radius 2 is 1.58 bits per heavy atom. The number of halogens is 1. The summed E-state index contributed by atoms with van der Waals surface area (Å²) >= 11 is 3.43. The van der Waals surface area contributed by atoms with E-state index in [4.69, 9.17) is 0 Å². The molecule has 0 saturated heterocycles. The number of nitrogens with one attached hydrogen (secondary N) is 1. The third kappa shape index (κ3) is 8.82. The van der Waals surface area contributed by atoms with Gasteiger partial charge in [0.1, 0.15) is 0 Å². The molecule has 0 heterocycles. The Kier molecular flexibility index (Phi) is 9.42. The van der Waals surface area contributed by atoms with E-state index in [0.29, 0.717) is 13.0 Å². The maximum atomic E-state index is 11.6. The number of carbonyl (C=O) groups is 1. The Bertz CT molecular complexity index is 340. The van der Waals surface area contributed by atoms with E-state index in [-0.39, 0.29) is 5.91 Å². The molecule has 0 aliphatic carbocycles. The van der Waals surface area contributed by atoms with E-state index in [0.717, 1.165) is 17.3 Å². The summed E-state index contributed by atoms with van der Waals surface area (Å²) < 4.78 is 0. The molecule has 0 aliphatic heterocycles. The first-order valence-electron chi connectivity index (χ1n) is 7.19. The highest BCUT2D eigenvalue weighted by molar-refractivity contribution is 9.09. The number of benzene rings is 1. The first-order valence-corrected chi connectivity index (χ1v) is 8.31. The first-order chi connectivity index (χ1) is 9.33. The normalized spacial score (nSPS) is 10.4. The van der Waals surface area contributed by atoms with Crippen molar-refractivity contribution in [3.8, 4) is 0 Å². The summed E-state index contributed by atoms with van der Waals surface area (Å²) in [5, 5.41) is 4.07. The predicted octanol–water partition coefficient (Wildman–Crippen LogP) is 4.43. The van der Waals surface area contributed by atoms with Gasteiger partial charge >= 0.3 is 0 Å². The molecule has 0 radical (unpaired) electrons. The van der Waals surface area contributed by atoms with Crippen molar-refractivity contribution in [3.63, 3.8) is 0 Å². The van der Waals surface area contributed by atoms with Crippen molar-refractivity contribution in [2.75, 3.05) is 5.33 Å². The van der Waals surface area contributed by atoms with Crippen LogP contribution in [0.1, 0.15) is 50.5 Å². The van der Waals surface area contributed by atoms with Crippen molar-refractivity contribution in [1.29, 1.82) is 0 Å². The van der Waals surface area contributed by atoms with Crippen LogP contribution in [0.15, 0.2) is 30.3 Å². The summed E-state index contributed by atoms with van der Waals surface area (Å²) in [6, 6.07) is 10.0. The maximum absolute atomic E-state index is 11.6. The summed E-state index contributed by atoms with van der Waals surface area (Å²) in [5.74, 6) is 0.171. The van der Waals surface area contributed by atoms with E-state index in [1.54, 1.807) is 0 Å². The zero-order valence-electron chi connectivity index (χ0n) is 11.5. The number of amides is 1. The molecule has 0 aromatic heterocycles. The van der Waals surface area contributed by atoms with Crippen molar-refractivity contribution in [2.45, 2.75) is 51.5 Å². The van der Waals surface area contributed by atoms with Crippen LogP contribution in [0.5, 0.6) is 0 Å². The number of unbranched alkanes of at least 4 members (excludes halogenated alkanes) is 5. The second kappa shape index (κ2) is 11.0. The van der Waals surface area contributed by atoms with Crippen LogP contribution in [0.4, 0.5) is 0 Å². The quantitative estimate of drug-likeness (QED) is 0.500. The molecule has 0 saturated carbocycles. The fraction of sp³-hybridized carbons (Fsp3) is 0.562. The maximum Gasteiger partial charge on any atom is 0.220 e. The Balaban J connectivity index is 1.96. The van der Waals surface area contributed by atoms with E-state index in [9.17, 15) is 4.79 Å².